The van der Waals surface area contributed by atoms with Gasteiger partial charge in [-0.2, -0.15) is 0 Å². The van der Waals surface area contributed by atoms with Crippen LogP contribution in [-0.2, 0) is 0 Å². The van der Waals surface area contributed by atoms with Gasteiger partial charge in [0, 0.05) is 17.4 Å². The van der Waals surface area contributed by atoms with Crippen molar-refractivity contribution in [1.29, 1.82) is 0 Å². The molecule has 0 saturated heterocycles. The van der Waals surface area contributed by atoms with Gasteiger partial charge in [-0.05, 0) is 43.7 Å². The van der Waals surface area contributed by atoms with E-state index in [4.69, 9.17) is 0 Å². The van der Waals surface area contributed by atoms with Crippen LogP contribution in [0.2, 0.25) is 0 Å². The van der Waals surface area contributed by atoms with Crippen molar-refractivity contribution in [2.45, 2.75) is 13.8 Å². The summed E-state index contributed by atoms with van der Waals surface area (Å²) in [6, 6.07) is 16.0. The first-order chi connectivity index (χ1) is 11.1. The van der Waals surface area contributed by atoms with E-state index in [1.54, 1.807) is 18.2 Å². The third kappa shape index (κ3) is 3.83. The Bertz CT molecular complexity index is 833. The lowest BCUT2D eigenvalue weighted by Gasteiger charge is -2.11. The molecular weight excluding hydrogens is 291 g/mol. The molecule has 1 heterocycles. The molecule has 2 N–H and O–H groups in total. The first-order valence-electron chi connectivity index (χ1n) is 7.31. The highest BCUT2D eigenvalue weighted by Crippen LogP contribution is 2.22. The lowest BCUT2D eigenvalue weighted by Crippen LogP contribution is -2.02. The second-order valence-corrected chi connectivity index (χ2v) is 5.26. The summed E-state index contributed by atoms with van der Waals surface area (Å²) in [5, 5.41) is 6.38. The molecule has 4 nitrogen and oxygen atoms in total. The van der Waals surface area contributed by atoms with Crippen LogP contribution in [0.1, 0.15) is 11.4 Å². The van der Waals surface area contributed by atoms with E-state index in [2.05, 4.69) is 20.6 Å². The molecule has 0 radical (unpaired) electrons. The van der Waals surface area contributed by atoms with Crippen molar-refractivity contribution in [1.82, 2.24) is 9.97 Å². The molecule has 3 aromatic rings. The molecule has 0 fully saturated rings. The predicted molar refractivity (Wildman–Crippen MR) is 90.9 cm³/mol. The maximum atomic E-state index is 13.3. The summed E-state index contributed by atoms with van der Waals surface area (Å²) in [6.07, 6.45) is 0. The van der Waals surface area contributed by atoms with Crippen molar-refractivity contribution in [2.75, 3.05) is 10.6 Å². The lowest BCUT2D eigenvalue weighted by atomic mass is 10.2. The molecule has 0 aliphatic carbocycles. The number of hydrogen-bond acceptors (Lipinski definition) is 4. The molecule has 0 aliphatic rings. The molecule has 0 atom stereocenters. The lowest BCUT2D eigenvalue weighted by molar-refractivity contribution is 0.628. The Labute approximate surface area is 134 Å². The maximum absolute atomic E-state index is 13.3. The largest absolute Gasteiger partial charge is 0.340 e. The highest BCUT2D eigenvalue weighted by Gasteiger charge is 2.05. The van der Waals surface area contributed by atoms with Crippen molar-refractivity contribution in [3.8, 4) is 0 Å². The highest BCUT2D eigenvalue weighted by molar-refractivity contribution is 5.64. The van der Waals surface area contributed by atoms with E-state index in [0.717, 1.165) is 11.3 Å². The average Bonchev–Trinajstić information content (AvgIpc) is 2.49. The number of para-hydroxylation sites is 1. The van der Waals surface area contributed by atoms with Gasteiger partial charge in [0.2, 0.25) is 0 Å². The number of hydrogen-bond donors (Lipinski definition) is 2. The van der Waals surface area contributed by atoms with Crippen LogP contribution in [0.25, 0.3) is 0 Å². The summed E-state index contributed by atoms with van der Waals surface area (Å²) < 4.78 is 13.3. The van der Waals surface area contributed by atoms with Gasteiger partial charge in [0.1, 0.15) is 23.3 Å². The van der Waals surface area contributed by atoms with E-state index in [1.165, 1.54) is 12.1 Å². The minimum absolute atomic E-state index is 0.293. The minimum Gasteiger partial charge on any atom is -0.340 e. The van der Waals surface area contributed by atoms with Gasteiger partial charge in [0.05, 0.1) is 0 Å². The smallest absolute Gasteiger partial charge is 0.136 e. The Morgan fingerprint density at radius 1 is 0.826 bits per heavy atom. The summed E-state index contributed by atoms with van der Waals surface area (Å²) in [5.41, 5.74) is 2.76. The molecule has 3 rings (SSSR count). The predicted octanol–water partition coefficient (Wildman–Crippen LogP) is 4.72. The quantitative estimate of drug-likeness (QED) is 0.732. The summed E-state index contributed by atoms with van der Waals surface area (Å²) in [6.45, 7) is 3.85. The van der Waals surface area contributed by atoms with Crippen LogP contribution in [0.5, 0.6) is 0 Å². The average molecular weight is 308 g/mol. The third-order valence-electron chi connectivity index (χ3n) is 3.34. The molecule has 0 unspecified atom stereocenters. The number of rotatable bonds is 4. The van der Waals surface area contributed by atoms with Crippen molar-refractivity contribution < 1.29 is 4.39 Å². The van der Waals surface area contributed by atoms with Crippen LogP contribution in [0.4, 0.5) is 27.4 Å². The molecule has 116 valence electrons. The molecule has 0 saturated carbocycles. The number of nitrogens with one attached hydrogen (secondary N) is 2. The van der Waals surface area contributed by atoms with Crippen LogP contribution in [0.15, 0.2) is 54.6 Å². The first-order valence-corrected chi connectivity index (χ1v) is 7.31. The highest BCUT2D eigenvalue weighted by atomic mass is 19.1. The first kappa shape index (κ1) is 15.0. The van der Waals surface area contributed by atoms with Gasteiger partial charge >= 0.3 is 0 Å². The normalized spacial score (nSPS) is 10.4. The van der Waals surface area contributed by atoms with Gasteiger partial charge in [-0.1, -0.05) is 24.3 Å². The summed E-state index contributed by atoms with van der Waals surface area (Å²) in [5.74, 6) is 1.63. The van der Waals surface area contributed by atoms with Crippen LogP contribution >= 0.6 is 0 Å². The molecule has 5 heteroatoms. The molecular formula is C18H17FN4. The summed E-state index contributed by atoms with van der Waals surface area (Å²) in [4.78, 5) is 8.73. The maximum Gasteiger partial charge on any atom is 0.136 e. The van der Waals surface area contributed by atoms with E-state index in [0.29, 0.717) is 23.1 Å². The Balaban J connectivity index is 1.86. The van der Waals surface area contributed by atoms with Gasteiger partial charge < -0.3 is 10.6 Å². The zero-order valence-corrected chi connectivity index (χ0v) is 13.0. The van der Waals surface area contributed by atoms with Gasteiger partial charge in [0.25, 0.3) is 0 Å². The van der Waals surface area contributed by atoms with Crippen LogP contribution < -0.4 is 10.6 Å². The number of benzene rings is 2. The fraction of sp³-hybridized carbons (Fsp3) is 0.111. The standard InChI is InChI=1S/C18H17FN4/c1-12-6-3-4-9-16(12)23-18-11-17(20-13(2)21-18)22-15-8-5-7-14(19)10-15/h3-11H,1-2H3,(H2,20,21,22,23). The molecule has 1 aromatic heterocycles. The SMILES string of the molecule is Cc1nc(Nc2cccc(F)c2)cc(Nc2ccccc2C)n1. The second kappa shape index (κ2) is 6.44. The minimum atomic E-state index is -0.293. The van der Waals surface area contributed by atoms with Crippen molar-refractivity contribution in [3.05, 3.63) is 71.8 Å². The molecule has 0 spiro atoms. The number of aryl methyl sites for hydroxylation is 2. The molecule has 0 bridgehead atoms. The van der Waals surface area contributed by atoms with E-state index in [9.17, 15) is 4.39 Å². The Morgan fingerprint density at radius 2 is 1.57 bits per heavy atom. The van der Waals surface area contributed by atoms with Gasteiger partial charge in [0.15, 0.2) is 0 Å². The van der Waals surface area contributed by atoms with Crippen LogP contribution in [0.3, 0.4) is 0 Å². The Hall–Kier alpha value is -2.95. The Kier molecular flexibility index (Phi) is 4.19. The molecule has 0 amide bonds. The van der Waals surface area contributed by atoms with E-state index >= 15 is 0 Å². The molecule has 0 aliphatic heterocycles. The van der Waals surface area contributed by atoms with E-state index in [-0.39, 0.29) is 5.82 Å². The summed E-state index contributed by atoms with van der Waals surface area (Å²) >= 11 is 0. The molecule has 2 aromatic carbocycles. The van der Waals surface area contributed by atoms with Crippen molar-refractivity contribution in [3.63, 3.8) is 0 Å². The monoisotopic (exact) mass is 308 g/mol. The number of halogens is 1. The number of anilines is 4. The van der Waals surface area contributed by atoms with Crippen molar-refractivity contribution in [2.24, 2.45) is 0 Å². The van der Waals surface area contributed by atoms with Crippen molar-refractivity contribution >= 4 is 23.0 Å². The molecule has 23 heavy (non-hydrogen) atoms. The van der Waals surface area contributed by atoms with Gasteiger partial charge in [-0.25, -0.2) is 14.4 Å². The fourth-order valence-electron chi connectivity index (χ4n) is 2.26. The van der Waals surface area contributed by atoms with E-state index in [1.807, 2.05) is 38.1 Å². The topological polar surface area (TPSA) is 49.8 Å². The summed E-state index contributed by atoms with van der Waals surface area (Å²) in [7, 11) is 0. The zero-order chi connectivity index (χ0) is 16.2. The van der Waals surface area contributed by atoms with Crippen LogP contribution in [-0.4, -0.2) is 9.97 Å². The third-order valence-corrected chi connectivity index (χ3v) is 3.34. The van der Waals surface area contributed by atoms with E-state index < -0.39 is 0 Å². The Morgan fingerprint density at radius 3 is 2.30 bits per heavy atom. The second-order valence-electron chi connectivity index (χ2n) is 5.26. The number of aromatic nitrogens is 2. The van der Waals surface area contributed by atoms with Gasteiger partial charge in [-0.15, -0.1) is 0 Å². The van der Waals surface area contributed by atoms with Gasteiger partial charge in [-0.3, -0.25) is 0 Å². The fourth-order valence-corrected chi connectivity index (χ4v) is 2.26. The zero-order valence-electron chi connectivity index (χ0n) is 13.0. The van der Waals surface area contributed by atoms with Crippen LogP contribution in [0, 0.1) is 19.7 Å². The number of nitrogens with zero attached hydrogens (tertiary/aromatic N) is 2.